The molecule has 1 aromatic heterocycles. The van der Waals surface area contributed by atoms with Gasteiger partial charge in [0.1, 0.15) is 0 Å². The van der Waals surface area contributed by atoms with Crippen LogP contribution in [-0.4, -0.2) is 27.6 Å². The molecule has 0 bridgehead atoms. The average molecular weight is 302 g/mol. The summed E-state index contributed by atoms with van der Waals surface area (Å²) in [4.78, 5) is 11.8. The zero-order chi connectivity index (χ0) is 15.9. The van der Waals surface area contributed by atoms with E-state index in [0.717, 1.165) is 36.3 Å². The molecule has 0 radical (unpaired) electrons. The van der Waals surface area contributed by atoms with Gasteiger partial charge in [0.25, 0.3) is 0 Å². The van der Waals surface area contributed by atoms with Gasteiger partial charge >= 0.3 is 5.97 Å². The number of esters is 1. The standard InChI is InChI=1S/C16H22N4O2/c1-3-5-15-14(11-17)18-19-20(15)13-8-6-12(7-9-13)16(21)22-10-4-2/h6-9H,3-5,10-11,17H2,1-2H3. The van der Waals surface area contributed by atoms with E-state index in [-0.39, 0.29) is 5.97 Å². The lowest BCUT2D eigenvalue weighted by molar-refractivity contribution is 0.0505. The first-order valence-corrected chi connectivity index (χ1v) is 7.62. The topological polar surface area (TPSA) is 83.0 Å². The molecule has 1 heterocycles. The third kappa shape index (κ3) is 3.51. The average Bonchev–Trinajstić information content (AvgIpc) is 2.96. The highest BCUT2D eigenvalue weighted by atomic mass is 16.5. The van der Waals surface area contributed by atoms with E-state index >= 15 is 0 Å². The summed E-state index contributed by atoms with van der Waals surface area (Å²) in [7, 11) is 0. The Hall–Kier alpha value is -2.21. The third-order valence-electron chi connectivity index (χ3n) is 3.31. The van der Waals surface area contributed by atoms with Crippen LogP contribution in [-0.2, 0) is 17.7 Å². The Morgan fingerprint density at radius 2 is 1.95 bits per heavy atom. The number of hydrogen-bond acceptors (Lipinski definition) is 5. The van der Waals surface area contributed by atoms with Crippen LogP contribution in [0, 0.1) is 0 Å². The first kappa shape index (κ1) is 16.2. The molecule has 2 aromatic rings. The molecule has 118 valence electrons. The molecule has 0 spiro atoms. The van der Waals surface area contributed by atoms with E-state index in [1.807, 2.05) is 19.1 Å². The number of aromatic nitrogens is 3. The third-order valence-corrected chi connectivity index (χ3v) is 3.31. The van der Waals surface area contributed by atoms with Crippen molar-refractivity contribution in [2.75, 3.05) is 6.61 Å². The van der Waals surface area contributed by atoms with E-state index in [1.54, 1.807) is 16.8 Å². The SMILES string of the molecule is CCCOC(=O)c1ccc(-n2nnc(CN)c2CCC)cc1. The molecule has 22 heavy (non-hydrogen) atoms. The van der Waals surface area contributed by atoms with Crippen molar-refractivity contribution in [1.29, 1.82) is 0 Å². The molecule has 2 N–H and O–H groups in total. The summed E-state index contributed by atoms with van der Waals surface area (Å²) in [6.45, 7) is 4.87. The number of carbonyl (C=O) groups is 1. The van der Waals surface area contributed by atoms with Gasteiger partial charge < -0.3 is 10.5 Å². The zero-order valence-electron chi connectivity index (χ0n) is 13.1. The van der Waals surface area contributed by atoms with Crippen LogP contribution in [0.3, 0.4) is 0 Å². The van der Waals surface area contributed by atoms with Crippen molar-refractivity contribution < 1.29 is 9.53 Å². The Kier molecular flexibility index (Phi) is 5.66. The Morgan fingerprint density at radius 3 is 2.55 bits per heavy atom. The van der Waals surface area contributed by atoms with Gasteiger partial charge in [-0.25, -0.2) is 9.48 Å². The Labute approximate surface area is 130 Å². The van der Waals surface area contributed by atoms with Crippen molar-refractivity contribution in [3.63, 3.8) is 0 Å². The Bertz CT molecular complexity index is 620. The molecule has 0 atom stereocenters. The van der Waals surface area contributed by atoms with Crippen molar-refractivity contribution in [3.05, 3.63) is 41.2 Å². The van der Waals surface area contributed by atoms with Crippen LogP contribution in [0.2, 0.25) is 0 Å². The molecule has 0 saturated heterocycles. The van der Waals surface area contributed by atoms with E-state index in [4.69, 9.17) is 10.5 Å². The molecule has 0 aliphatic carbocycles. The van der Waals surface area contributed by atoms with Gasteiger partial charge in [0.05, 0.1) is 29.2 Å². The predicted octanol–water partition coefficient (Wildman–Crippen LogP) is 2.25. The van der Waals surface area contributed by atoms with E-state index in [9.17, 15) is 4.79 Å². The molecular weight excluding hydrogens is 280 g/mol. The molecule has 2 rings (SSSR count). The number of nitrogens with zero attached hydrogens (tertiary/aromatic N) is 3. The van der Waals surface area contributed by atoms with Gasteiger partial charge in [-0.05, 0) is 37.1 Å². The number of rotatable bonds is 7. The first-order valence-electron chi connectivity index (χ1n) is 7.62. The number of benzene rings is 1. The second-order valence-electron chi connectivity index (χ2n) is 5.03. The van der Waals surface area contributed by atoms with Crippen LogP contribution in [0.15, 0.2) is 24.3 Å². The van der Waals surface area contributed by atoms with Gasteiger partial charge in [-0.2, -0.15) is 0 Å². The van der Waals surface area contributed by atoms with Crippen LogP contribution in [0.5, 0.6) is 0 Å². The molecule has 0 unspecified atom stereocenters. The van der Waals surface area contributed by atoms with Crippen LogP contribution in [0.1, 0.15) is 48.4 Å². The first-order chi connectivity index (χ1) is 10.7. The summed E-state index contributed by atoms with van der Waals surface area (Å²) in [6, 6.07) is 7.17. The molecule has 6 heteroatoms. The smallest absolute Gasteiger partial charge is 0.338 e. The van der Waals surface area contributed by atoms with E-state index in [1.165, 1.54) is 0 Å². The molecule has 6 nitrogen and oxygen atoms in total. The monoisotopic (exact) mass is 302 g/mol. The highest BCUT2D eigenvalue weighted by molar-refractivity contribution is 5.89. The fraction of sp³-hybridized carbons (Fsp3) is 0.438. The lowest BCUT2D eigenvalue weighted by Gasteiger charge is -2.08. The van der Waals surface area contributed by atoms with Gasteiger partial charge in [0.2, 0.25) is 0 Å². The predicted molar refractivity (Wildman–Crippen MR) is 83.8 cm³/mol. The van der Waals surface area contributed by atoms with Crippen LogP contribution < -0.4 is 5.73 Å². The van der Waals surface area contributed by atoms with Gasteiger partial charge in [0.15, 0.2) is 0 Å². The van der Waals surface area contributed by atoms with E-state index in [0.29, 0.717) is 18.7 Å². The number of carbonyl (C=O) groups excluding carboxylic acids is 1. The van der Waals surface area contributed by atoms with Crippen molar-refractivity contribution in [2.24, 2.45) is 5.73 Å². The molecular formula is C16H22N4O2. The van der Waals surface area contributed by atoms with Crippen molar-refractivity contribution >= 4 is 5.97 Å². The molecule has 0 aliphatic heterocycles. The van der Waals surface area contributed by atoms with Crippen LogP contribution in [0.4, 0.5) is 0 Å². The van der Waals surface area contributed by atoms with E-state index in [2.05, 4.69) is 17.2 Å². The lowest BCUT2D eigenvalue weighted by Crippen LogP contribution is -2.08. The summed E-state index contributed by atoms with van der Waals surface area (Å²) in [5.41, 5.74) is 8.94. The summed E-state index contributed by atoms with van der Waals surface area (Å²) < 4.78 is 6.90. The van der Waals surface area contributed by atoms with Crippen LogP contribution in [0.25, 0.3) is 5.69 Å². The Morgan fingerprint density at radius 1 is 1.23 bits per heavy atom. The second kappa shape index (κ2) is 7.70. The summed E-state index contributed by atoms with van der Waals surface area (Å²) in [5.74, 6) is -0.302. The van der Waals surface area contributed by atoms with E-state index < -0.39 is 0 Å². The largest absolute Gasteiger partial charge is 0.462 e. The fourth-order valence-corrected chi connectivity index (χ4v) is 2.20. The Balaban J connectivity index is 2.23. The maximum atomic E-state index is 11.8. The summed E-state index contributed by atoms with van der Waals surface area (Å²) in [6.07, 6.45) is 2.66. The molecule has 0 aliphatic rings. The van der Waals surface area contributed by atoms with Crippen molar-refractivity contribution in [1.82, 2.24) is 15.0 Å². The maximum Gasteiger partial charge on any atom is 0.338 e. The van der Waals surface area contributed by atoms with Crippen LogP contribution >= 0.6 is 0 Å². The number of hydrogen-bond donors (Lipinski definition) is 1. The fourth-order valence-electron chi connectivity index (χ4n) is 2.20. The van der Waals surface area contributed by atoms with Gasteiger partial charge in [-0.3, -0.25) is 0 Å². The number of ether oxygens (including phenoxy) is 1. The lowest BCUT2D eigenvalue weighted by atomic mass is 10.1. The molecule has 1 aromatic carbocycles. The summed E-state index contributed by atoms with van der Waals surface area (Å²) >= 11 is 0. The quantitative estimate of drug-likeness (QED) is 0.793. The van der Waals surface area contributed by atoms with Gasteiger partial charge in [-0.1, -0.05) is 25.5 Å². The minimum absolute atomic E-state index is 0.302. The highest BCUT2D eigenvalue weighted by Crippen LogP contribution is 2.16. The van der Waals surface area contributed by atoms with Gasteiger partial charge in [-0.15, -0.1) is 5.10 Å². The number of nitrogens with two attached hydrogens (primary N) is 1. The van der Waals surface area contributed by atoms with Crippen molar-refractivity contribution in [3.8, 4) is 5.69 Å². The van der Waals surface area contributed by atoms with Crippen molar-refractivity contribution in [2.45, 2.75) is 39.7 Å². The molecule has 0 fully saturated rings. The minimum Gasteiger partial charge on any atom is -0.462 e. The normalized spacial score (nSPS) is 10.7. The summed E-state index contributed by atoms with van der Waals surface area (Å²) in [5, 5.41) is 8.29. The molecule has 0 amide bonds. The maximum absolute atomic E-state index is 11.8. The van der Waals surface area contributed by atoms with Gasteiger partial charge in [0, 0.05) is 6.54 Å². The second-order valence-corrected chi connectivity index (χ2v) is 5.03. The molecule has 0 saturated carbocycles. The minimum atomic E-state index is -0.302. The zero-order valence-corrected chi connectivity index (χ0v) is 13.1. The highest BCUT2D eigenvalue weighted by Gasteiger charge is 2.13.